The molecule has 0 radical (unpaired) electrons. The first-order valence-electron chi connectivity index (χ1n) is 13.6. The molecule has 0 aliphatic carbocycles. The van der Waals surface area contributed by atoms with Crippen LogP contribution in [0.2, 0.25) is 0 Å². The summed E-state index contributed by atoms with van der Waals surface area (Å²) >= 11 is 0. The van der Waals surface area contributed by atoms with E-state index in [0.717, 1.165) is 68.7 Å². The molecular formula is C32H37N3O2. The van der Waals surface area contributed by atoms with Crippen molar-refractivity contribution in [1.29, 1.82) is 0 Å². The lowest BCUT2D eigenvalue weighted by Gasteiger charge is -2.42. The number of nitrogens with one attached hydrogen (secondary N) is 1. The van der Waals surface area contributed by atoms with Crippen molar-refractivity contribution in [3.8, 4) is 0 Å². The van der Waals surface area contributed by atoms with Gasteiger partial charge in [0.05, 0.1) is 5.92 Å². The van der Waals surface area contributed by atoms with Gasteiger partial charge in [0.25, 0.3) is 0 Å². The Kier molecular flexibility index (Phi) is 8.00. The highest BCUT2D eigenvalue weighted by Crippen LogP contribution is 2.30. The Morgan fingerprint density at radius 3 is 1.81 bits per heavy atom. The number of nitrogens with zero attached hydrogens (tertiary/aromatic N) is 2. The number of carbonyl (C=O) groups excluding carboxylic acids is 2. The predicted molar refractivity (Wildman–Crippen MR) is 148 cm³/mol. The zero-order chi connectivity index (χ0) is 25.6. The van der Waals surface area contributed by atoms with Crippen molar-refractivity contribution in [3.05, 3.63) is 102 Å². The van der Waals surface area contributed by atoms with Gasteiger partial charge in [-0.2, -0.15) is 0 Å². The minimum absolute atomic E-state index is 0.0664. The first-order chi connectivity index (χ1) is 18.1. The Bertz CT molecular complexity index is 1120. The third-order valence-electron chi connectivity index (χ3n) is 8.02. The van der Waals surface area contributed by atoms with Crippen LogP contribution in [0.4, 0.5) is 5.69 Å². The fourth-order valence-electron chi connectivity index (χ4n) is 5.81. The van der Waals surface area contributed by atoms with Crippen molar-refractivity contribution in [2.75, 3.05) is 31.5 Å². The van der Waals surface area contributed by atoms with Crippen LogP contribution < -0.4 is 5.32 Å². The fraction of sp³-hybridized carbons (Fsp3) is 0.375. The largest absolute Gasteiger partial charge is 0.342 e. The van der Waals surface area contributed by atoms with Crippen molar-refractivity contribution >= 4 is 17.5 Å². The summed E-state index contributed by atoms with van der Waals surface area (Å²) in [5.74, 6) is 0.137. The molecule has 3 aromatic carbocycles. The maximum absolute atomic E-state index is 13.7. The van der Waals surface area contributed by atoms with E-state index in [4.69, 9.17) is 0 Å². The third kappa shape index (κ3) is 6.11. The molecule has 2 aliphatic heterocycles. The number of benzene rings is 3. The second kappa shape index (κ2) is 11.7. The van der Waals surface area contributed by atoms with Gasteiger partial charge < -0.3 is 15.1 Å². The molecule has 0 aromatic heterocycles. The van der Waals surface area contributed by atoms with E-state index in [9.17, 15) is 9.59 Å². The zero-order valence-corrected chi connectivity index (χ0v) is 21.7. The molecule has 0 atom stereocenters. The Morgan fingerprint density at radius 1 is 0.730 bits per heavy atom. The van der Waals surface area contributed by atoms with E-state index in [1.807, 2.05) is 67.6 Å². The van der Waals surface area contributed by atoms with Crippen LogP contribution in [0, 0.1) is 12.8 Å². The van der Waals surface area contributed by atoms with Gasteiger partial charge in [0.2, 0.25) is 11.8 Å². The van der Waals surface area contributed by atoms with Crippen LogP contribution in [0.5, 0.6) is 0 Å². The summed E-state index contributed by atoms with van der Waals surface area (Å²) in [6, 6.07) is 28.7. The topological polar surface area (TPSA) is 52.7 Å². The van der Waals surface area contributed by atoms with Crippen LogP contribution in [0.15, 0.2) is 84.9 Å². The molecule has 37 heavy (non-hydrogen) atoms. The van der Waals surface area contributed by atoms with Crippen LogP contribution in [-0.2, 0) is 9.59 Å². The molecular weight excluding hydrogens is 458 g/mol. The minimum atomic E-state index is -0.262. The van der Waals surface area contributed by atoms with Gasteiger partial charge in [-0.3, -0.25) is 9.59 Å². The summed E-state index contributed by atoms with van der Waals surface area (Å²) in [5, 5.41) is 3.09. The van der Waals surface area contributed by atoms with Crippen LogP contribution in [0.3, 0.4) is 0 Å². The molecule has 192 valence electrons. The SMILES string of the molecule is Cc1ccc(NC(=O)C2CCN(C3CCN(C(=O)C(c4ccccc4)c4ccccc4)CC3)CC2)cc1. The first kappa shape index (κ1) is 25.2. The van der Waals surface area contributed by atoms with E-state index in [0.29, 0.717) is 6.04 Å². The molecule has 5 heteroatoms. The molecule has 2 aliphatic rings. The number of carbonyl (C=O) groups is 2. The molecule has 5 rings (SSSR count). The molecule has 2 heterocycles. The van der Waals surface area contributed by atoms with Crippen LogP contribution >= 0.6 is 0 Å². The second-order valence-electron chi connectivity index (χ2n) is 10.5. The smallest absolute Gasteiger partial charge is 0.234 e. The van der Waals surface area contributed by atoms with E-state index in [-0.39, 0.29) is 23.7 Å². The summed E-state index contributed by atoms with van der Waals surface area (Å²) in [7, 11) is 0. The molecule has 0 spiro atoms. The molecule has 0 saturated carbocycles. The van der Waals surface area contributed by atoms with Crippen molar-refractivity contribution in [2.24, 2.45) is 5.92 Å². The Labute approximate surface area is 220 Å². The molecule has 3 aromatic rings. The Morgan fingerprint density at radius 2 is 1.27 bits per heavy atom. The quantitative estimate of drug-likeness (QED) is 0.494. The van der Waals surface area contributed by atoms with Gasteiger partial charge >= 0.3 is 0 Å². The lowest BCUT2D eigenvalue weighted by Crippen LogP contribution is -2.50. The van der Waals surface area contributed by atoms with Crippen molar-refractivity contribution < 1.29 is 9.59 Å². The third-order valence-corrected chi connectivity index (χ3v) is 8.02. The molecule has 2 fully saturated rings. The summed E-state index contributed by atoms with van der Waals surface area (Å²) in [5.41, 5.74) is 4.16. The number of likely N-dealkylation sites (tertiary alicyclic amines) is 2. The summed E-state index contributed by atoms with van der Waals surface area (Å²) < 4.78 is 0. The van der Waals surface area contributed by atoms with Gasteiger partial charge in [0, 0.05) is 30.7 Å². The monoisotopic (exact) mass is 495 g/mol. The molecule has 2 amide bonds. The lowest BCUT2D eigenvalue weighted by molar-refractivity contribution is -0.133. The first-order valence-corrected chi connectivity index (χ1v) is 13.6. The maximum Gasteiger partial charge on any atom is 0.234 e. The normalized spacial score (nSPS) is 17.6. The number of piperidine rings is 2. The number of rotatable bonds is 6. The summed E-state index contributed by atoms with van der Waals surface area (Å²) in [6.07, 6.45) is 3.76. The molecule has 5 nitrogen and oxygen atoms in total. The molecule has 0 bridgehead atoms. The van der Waals surface area contributed by atoms with E-state index in [1.54, 1.807) is 0 Å². The van der Waals surface area contributed by atoms with Gasteiger partial charge in [-0.15, -0.1) is 0 Å². The van der Waals surface area contributed by atoms with Gasteiger partial charge in [0.1, 0.15) is 0 Å². The molecule has 1 N–H and O–H groups in total. The predicted octanol–water partition coefficient (Wildman–Crippen LogP) is 5.47. The molecule has 0 unspecified atom stereocenters. The van der Waals surface area contributed by atoms with Crippen molar-refractivity contribution in [2.45, 2.75) is 44.6 Å². The van der Waals surface area contributed by atoms with E-state index >= 15 is 0 Å². The highest BCUT2D eigenvalue weighted by atomic mass is 16.2. The number of aryl methyl sites for hydroxylation is 1. The number of amides is 2. The fourth-order valence-corrected chi connectivity index (χ4v) is 5.81. The van der Waals surface area contributed by atoms with Gasteiger partial charge in [-0.05, 0) is 69.0 Å². The minimum Gasteiger partial charge on any atom is -0.342 e. The van der Waals surface area contributed by atoms with Crippen LogP contribution in [-0.4, -0.2) is 53.8 Å². The van der Waals surface area contributed by atoms with E-state index in [1.165, 1.54) is 5.56 Å². The maximum atomic E-state index is 13.7. The highest BCUT2D eigenvalue weighted by molar-refractivity contribution is 5.92. The van der Waals surface area contributed by atoms with Gasteiger partial charge in [-0.25, -0.2) is 0 Å². The van der Waals surface area contributed by atoms with Crippen LogP contribution in [0.1, 0.15) is 48.3 Å². The lowest BCUT2D eigenvalue weighted by atomic mass is 9.88. The van der Waals surface area contributed by atoms with Crippen LogP contribution in [0.25, 0.3) is 0 Å². The zero-order valence-electron chi connectivity index (χ0n) is 21.7. The molecule has 2 saturated heterocycles. The Balaban J connectivity index is 1.14. The number of anilines is 1. The van der Waals surface area contributed by atoms with Gasteiger partial charge in [-0.1, -0.05) is 78.4 Å². The average molecular weight is 496 g/mol. The van der Waals surface area contributed by atoms with Gasteiger partial charge in [0.15, 0.2) is 0 Å². The number of hydrogen-bond donors (Lipinski definition) is 1. The second-order valence-corrected chi connectivity index (χ2v) is 10.5. The highest BCUT2D eigenvalue weighted by Gasteiger charge is 2.34. The standard InChI is InChI=1S/C32H37N3O2/c1-24-12-14-28(15-13-24)33-31(36)27-16-20-34(21-17-27)29-18-22-35(23-19-29)32(37)30(25-8-4-2-5-9-25)26-10-6-3-7-11-26/h2-15,27,29-30H,16-23H2,1H3,(H,33,36). The summed E-state index contributed by atoms with van der Waals surface area (Å²) in [4.78, 5) is 31.1. The van der Waals surface area contributed by atoms with E-state index in [2.05, 4.69) is 39.4 Å². The van der Waals surface area contributed by atoms with Crippen molar-refractivity contribution in [1.82, 2.24) is 9.80 Å². The van der Waals surface area contributed by atoms with Crippen molar-refractivity contribution in [3.63, 3.8) is 0 Å². The van der Waals surface area contributed by atoms with E-state index < -0.39 is 0 Å². The number of hydrogen-bond acceptors (Lipinski definition) is 3. The summed E-state index contributed by atoms with van der Waals surface area (Å²) in [6.45, 7) is 5.51. The average Bonchev–Trinajstić information content (AvgIpc) is 2.96. The Hall–Kier alpha value is -3.44.